The summed E-state index contributed by atoms with van der Waals surface area (Å²) >= 11 is 6.78. The smallest absolute Gasteiger partial charge is 0.302 e. The van der Waals surface area contributed by atoms with Crippen LogP contribution in [0.5, 0.6) is 5.75 Å². The Labute approximate surface area is 240 Å². The van der Waals surface area contributed by atoms with Crippen LogP contribution in [0.25, 0.3) is 0 Å². The van der Waals surface area contributed by atoms with Crippen LogP contribution in [0.4, 0.5) is 0 Å². The van der Waals surface area contributed by atoms with Crippen LogP contribution in [-0.4, -0.2) is 49.3 Å². The largest absolute Gasteiger partial charge is 0.491 e. The second-order valence-electron chi connectivity index (χ2n) is 11.0. The van der Waals surface area contributed by atoms with Gasteiger partial charge in [-0.25, -0.2) is 0 Å². The highest BCUT2D eigenvalue weighted by atomic mass is 35.5. The molecule has 0 N–H and O–H groups in total. The van der Waals surface area contributed by atoms with Crippen LogP contribution in [0, 0.1) is 11.8 Å². The molecule has 2 unspecified atom stereocenters. The molecular weight excluding hydrogens is 512 g/mol. The van der Waals surface area contributed by atoms with Gasteiger partial charge in [-0.15, -0.1) is 0 Å². The summed E-state index contributed by atoms with van der Waals surface area (Å²) in [5.41, 5.74) is 4.23. The zero-order valence-corrected chi connectivity index (χ0v) is 25.6. The number of benzene rings is 2. The summed E-state index contributed by atoms with van der Waals surface area (Å²) in [4.78, 5) is 25.1. The van der Waals surface area contributed by atoms with Crippen molar-refractivity contribution in [3.8, 4) is 5.75 Å². The maximum absolute atomic E-state index is 11.4. The van der Waals surface area contributed by atoms with Crippen molar-refractivity contribution in [3.63, 3.8) is 0 Å². The van der Waals surface area contributed by atoms with Gasteiger partial charge in [0, 0.05) is 23.9 Å². The second-order valence-corrected chi connectivity index (χ2v) is 11.4. The highest BCUT2D eigenvalue weighted by Crippen LogP contribution is 2.36. The van der Waals surface area contributed by atoms with Gasteiger partial charge in [0.15, 0.2) is 0 Å². The molecule has 0 spiro atoms. The summed E-state index contributed by atoms with van der Waals surface area (Å²) in [6, 6.07) is 11.9. The number of halogens is 1. The summed E-state index contributed by atoms with van der Waals surface area (Å²) in [5, 5.41) is 4.06. The molecule has 0 radical (unpaired) electrons. The summed E-state index contributed by atoms with van der Waals surface area (Å²) in [6.45, 7) is 17.0. The Morgan fingerprint density at radius 2 is 1.69 bits per heavy atom. The van der Waals surface area contributed by atoms with Crippen molar-refractivity contribution in [2.24, 2.45) is 5.18 Å². The summed E-state index contributed by atoms with van der Waals surface area (Å²) in [7, 11) is 0. The monoisotopic (exact) mass is 558 g/mol. The van der Waals surface area contributed by atoms with Gasteiger partial charge in [-0.05, 0) is 92.6 Å². The first kappa shape index (κ1) is 32.8. The van der Waals surface area contributed by atoms with Crippen LogP contribution >= 0.6 is 11.6 Å². The van der Waals surface area contributed by atoms with Crippen molar-refractivity contribution in [2.75, 3.05) is 26.2 Å². The fraction of sp³-hybridized carbons (Fsp3) is 0.594. The lowest BCUT2D eigenvalue weighted by molar-refractivity contribution is -0.146. The Hall–Kier alpha value is -2.44. The quantitative estimate of drug-likeness (QED) is 0.146. The number of hydrogen-bond acceptors (Lipinski definition) is 6. The van der Waals surface area contributed by atoms with Crippen LogP contribution in [-0.2, 0) is 21.4 Å². The number of hydrogen-bond donors (Lipinski definition) is 0. The van der Waals surface area contributed by atoms with Crippen molar-refractivity contribution >= 4 is 17.6 Å². The van der Waals surface area contributed by atoms with E-state index in [1.807, 2.05) is 19.1 Å². The summed E-state index contributed by atoms with van der Waals surface area (Å²) in [6.07, 6.45) is 4.28. The van der Waals surface area contributed by atoms with E-state index in [4.69, 9.17) is 21.1 Å². The molecule has 0 amide bonds. The van der Waals surface area contributed by atoms with Crippen molar-refractivity contribution in [1.29, 1.82) is 0 Å². The molecule has 7 heteroatoms. The third-order valence-electron chi connectivity index (χ3n) is 7.36. The Kier molecular flexibility index (Phi) is 13.4. The molecule has 0 bridgehead atoms. The normalized spacial score (nSPS) is 13.3. The van der Waals surface area contributed by atoms with E-state index in [1.54, 1.807) is 0 Å². The van der Waals surface area contributed by atoms with E-state index < -0.39 is 6.04 Å². The molecule has 0 aliphatic rings. The van der Waals surface area contributed by atoms with Gasteiger partial charge in [0.2, 0.25) is 0 Å². The first-order valence-electron chi connectivity index (χ1n) is 14.3. The fourth-order valence-corrected chi connectivity index (χ4v) is 5.37. The zero-order valence-electron chi connectivity index (χ0n) is 24.9. The molecule has 0 aliphatic heterocycles. The van der Waals surface area contributed by atoms with E-state index in [1.165, 1.54) is 6.92 Å². The van der Waals surface area contributed by atoms with Crippen molar-refractivity contribution in [3.05, 3.63) is 68.6 Å². The number of rotatable bonds is 17. The van der Waals surface area contributed by atoms with E-state index in [0.717, 1.165) is 78.2 Å². The SMILES string of the molecule is CCCN(CCC)CC(COc1ccc(C(C)(C)c2cc(C)c(CCC(CC)OC(C)=O)c(Cl)c2)cc1)N=O. The predicted octanol–water partition coefficient (Wildman–Crippen LogP) is 7.88. The second kappa shape index (κ2) is 16.0. The zero-order chi connectivity index (χ0) is 29.0. The highest BCUT2D eigenvalue weighted by Gasteiger charge is 2.25. The van der Waals surface area contributed by atoms with E-state index in [9.17, 15) is 9.70 Å². The number of ether oxygens (including phenoxy) is 2. The summed E-state index contributed by atoms with van der Waals surface area (Å²) < 4.78 is 11.4. The lowest BCUT2D eigenvalue weighted by Crippen LogP contribution is -2.35. The average molecular weight is 559 g/mol. The maximum atomic E-state index is 11.4. The minimum absolute atomic E-state index is 0.0981. The Morgan fingerprint density at radius 1 is 1.05 bits per heavy atom. The Bertz CT molecular complexity index is 1030. The van der Waals surface area contributed by atoms with Gasteiger partial charge in [0.05, 0.1) is 0 Å². The van der Waals surface area contributed by atoms with E-state index in [0.29, 0.717) is 6.54 Å². The lowest BCUT2D eigenvalue weighted by Gasteiger charge is -2.28. The molecule has 2 rings (SSSR count). The number of esters is 1. The minimum Gasteiger partial charge on any atom is -0.491 e. The van der Waals surface area contributed by atoms with Crippen molar-refractivity contribution in [2.45, 2.75) is 98.1 Å². The van der Waals surface area contributed by atoms with E-state index in [-0.39, 0.29) is 24.1 Å². The van der Waals surface area contributed by atoms with Crippen LogP contribution in [0.1, 0.15) is 89.5 Å². The van der Waals surface area contributed by atoms with Crippen LogP contribution in [0.15, 0.2) is 41.6 Å². The van der Waals surface area contributed by atoms with Crippen molar-refractivity contribution in [1.82, 2.24) is 4.90 Å². The Balaban J connectivity index is 2.09. The number of carbonyl (C=O) groups is 1. The number of aryl methyl sites for hydroxylation is 1. The number of nitrogens with zero attached hydrogens (tertiary/aromatic N) is 2. The van der Waals surface area contributed by atoms with Gasteiger partial charge in [-0.3, -0.25) is 4.79 Å². The molecule has 216 valence electrons. The van der Waals surface area contributed by atoms with Crippen LogP contribution in [0.3, 0.4) is 0 Å². The Morgan fingerprint density at radius 3 is 2.21 bits per heavy atom. The maximum Gasteiger partial charge on any atom is 0.302 e. The molecule has 39 heavy (non-hydrogen) atoms. The third-order valence-corrected chi connectivity index (χ3v) is 7.70. The standard InChI is InChI=1S/C32H47ClN2O4/c1-8-17-35(18-9-2)21-27(34-37)22-38-29-13-11-25(12-14-29)32(6,7)26-19-23(4)30(31(33)20-26)16-15-28(10-3)39-24(5)36/h11-14,19-20,27-28H,8-10,15-18,21-22H2,1-7H3. The molecule has 2 aromatic rings. The lowest BCUT2D eigenvalue weighted by atomic mass is 9.77. The molecule has 0 fully saturated rings. The molecule has 2 atom stereocenters. The van der Waals surface area contributed by atoms with Gasteiger partial charge in [0.1, 0.15) is 24.5 Å². The molecule has 0 saturated heterocycles. The molecule has 0 aromatic heterocycles. The first-order chi connectivity index (χ1) is 18.5. The third kappa shape index (κ3) is 9.91. The van der Waals surface area contributed by atoms with Gasteiger partial charge < -0.3 is 14.4 Å². The van der Waals surface area contributed by atoms with Crippen LogP contribution < -0.4 is 4.74 Å². The summed E-state index contributed by atoms with van der Waals surface area (Å²) in [5.74, 6) is 0.479. The minimum atomic E-state index is -0.399. The van der Waals surface area contributed by atoms with Gasteiger partial charge in [-0.2, -0.15) is 4.91 Å². The molecule has 0 heterocycles. The van der Waals surface area contributed by atoms with Gasteiger partial charge in [-0.1, -0.05) is 69.6 Å². The van der Waals surface area contributed by atoms with E-state index >= 15 is 0 Å². The van der Waals surface area contributed by atoms with Crippen molar-refractivity contribution < 1.29 is 14.3 Å². The number of carbonyl (C=O) groups excluding carboxylic acids is 1. The van der Waals surface area contributed by atoms with E-state index in [2.05, 4.69) is 69.0 Å². The van der Waals surface area contributed by atoms with Gasteiger partial charge in [0.25, 0.3) is 0 Å². The molecule has 0 aliphatic carbocycles. The molecule has 0 saturated carbocycles. The van der Waals surface area contributed by atoms with Gasteiger partial charge >= 0.3 is 5.97 Å². The topological polar surface area (TPSA) is 68.2 Å². The fourth-order valence-electron chi connectivity index (χ4n) is 5.01. The highest BCUT2D eigenvalue weighted by molar-refractivity contribution is 6.31. The number of nitroso groups, excluding NO2 is 1. The van der Waals surface area contributed by atoms with Crippen LogP contribution in [0.2, 0.25) is 5.02 Å². The molecule has 2 aromatic carbocycles. The molecule has 6 nitrogen and oxygen atoms in total. The molecular formula is C32H47ClN2O4. The average Bonchev–Trinajstić information content (AvgIpc) is 2.89. The first-order valence-corrected chi connectivity index (χ1v) is 14.7. The predicted molar refractivity (Wildman–Crippen MR) is 161 cm³/mol.